The third-order valence-corrected chi connectivity index (χ3v) is 5.55. The Balaban J connectivity index is 2.24. The molecule has 0 aliphatic carbocycles. The highest BCUT2D eigenvalue weighted by Gasteiger charge is 2.24. The zero-order valence-electron chi connectivity index (χ0n) is 15.4. The van der Waals surface area contributed by atoms with Crippen LogP contribution < -0.4 is 9.21 Å². The first-order valence-electron chi connectivity index (χ1n) is 8.17. The Morgan fingerprint density at radius 1 is 1.12 bits per heavy atom. The number of anilines is 2. The fourth-order valence-corrected chi connectivity index (χ4v) is 4.30. The second-order valence-electron chi connectivity index (χ2n) is 6.29. The summed E-state index contributed by atoms with van der Waals surface area (Å²) in [5.41, 5.74) is 2.89. The number of nitrogens with zero attached hydrogens (tertiary/aromatic N) is 2. The summed E-state index contributed by atoms with van der Waals surface area (Å²) in [6, 6.07) is 12.8. The Hall–Kier alpha value is -2.05. The van der Waals surface area contributed by atoms with Crippen LogP contribution in [0.1, 0.15) is 17.5 Å². The van der Waals surface area contributed by atoms with Gasteiger partial charge in [0.15, 0.2) is 0 Å². The van der Waals surface area contributed by atoms with Gasteiger partial charge >= 0.3 is 0 Å². The molecule has 0 aromatic heterocycles. The van der Waals surface area contributed by atoms with E-state index in [1.807, 2.05) is 50.2 Å². The summed E-state index contributed by atoms with van der Waals surface area (Å²) in [7, 11) is -1.91. The zero-order valence-corrected chi connectivity index (χ0v) is 16.9. The fourth-order valence-electron chi connectivity index (χ4n) is 2.83. The second-order valence-corrected chi connectivity index (χ2v) is 8.60. The number of carbonyl (C=O) groups is 1. The maximum absolute atomic E-state index is 12.5. The SMILES string of the molecule is Cc1cc(C)c(N(CCC(=O)N(C)c2ccccc2)S(C)(=O)=O)c(Cl)c1. The molecule has 5 nitrogen and oxygen atoms in total. The van der Waals surface area contributed by atoms with Crippen LogP contribution in [0.3, 0.4) is 0 Å². The van der Waals surface area contributed by atoms with Crippen molar-refractivity contribution in [2.45, 2.75) is 20.3 Å². The molecule has 2 aromatic carbocycles. The Morgan fingerprint density at radius 2 is 1.73 bits per heavy atom. The molecular formula is C19H23ClN2O3S. The van der Waals surface area contributed by atoms with Crippen molar-refractivity contribution in [2.24, 2.45) is 0 Å². The summed E-state index contributed by atoms with van der Waals surface area (Å²) in [6.07, 6.45) is 1.16. The lowest BCUT2D eigenvalue weighted by Crippen LogP contribution is -2.36. The van der Waals surface area contributed by atoms with Crippen LogP contribution in [0.4, 0.5) is 11.4 Å². The van der Waals surface area contributed by atoms with Crippen LogP contribution >= 0.6 is 11.6 Å². The molecule has 0 atom stereocenters. The van der Waals surface area contributed by atoms with Crippen LogP contribution in [0.2, 0.25) is 5.02 Å². The van der Waals surface area contributed by atoms with Gasteiger partial charge in [-0.15, -0.1) is 0 Å². The Morgan fingerprint density at radius 3 is 2.27 bits per heavy atom. The molecule has 2 rings (SSSR count). The number of halogens is 1. The highest BCUT2D eigenvalue weighted by Crippen LogP contribution is 2.32. The van der Waals surface area contributed by atoms with Crippen molar-refractivity contribution >= 4 is 38.9 Å². The molecule has 0 N–H and O–H groups in total. The van der Waals surface area contributed by atoms with Crippen molar-refractivity contribution in [1.29, 1.82) is 0 Å². The summed E-state index contributed by atoms with van der Waals surface area (Å²) in [6.45, 7) is 3.73. The van der Waals surface area contributed by atoms with Gasteiger partial charge in [0, 0.05) is 25.7 Å². The van der Waals surface area contributed by atoms with E-state index < -0.39 is 10.0 Å². The third-order valence-electron chi connectivity index (χ3n) is 4.09. The number of amides is 1. The first-order chi connectivity index (χ1) is 12.1. The van der Waals surface area contributed by atoms with E-state index in [4.69, 9.17) is 11.6 Å². The molecule has 0 saturated heterocycles. The number of rotatable bonds is 6. The molecule has 26 heavy (non-hydrogen) atoms. The lowest BCUT2D eigenvalue weighted by Gasteiger charge is -2.26. The number of aryl methyl sites for hydroxylation is 2. The van der Waals surface area contributed by atoms with Crippen molar-refractivity contribution < 1.29 is 13.2 Å². The monoisotopic (exact) mass is 394 g/mol. The number of hydrogen-bond donors (Lipinski definition) is 0. The van der Waals surface area contributed by atoms with Gasteiger partial charge in [0.2, 0.25) is 15.9 Å². The maximum Gasteiger partial charge on any atom is 0.232 e. The zero-order chi connectivity index (χ0) is 19.5. The van der Waals surface area contributed by atoms with Crippen LogP contribution in [0.25, 0.3) is 0 Å². The van der Waals surface area contributed by atoms with Gasteiger partial charge in [-0.3, -0.25) is 9.10 Å². The average molecular weight is 395 g/mol. The van der Waals surface area contributed by atoms with Gasteiger partial charge in [0.05, 0.1) is 17.0 Å². The van der Waals surface area contributed by atoms with Gasteiger partial charge in [-0.2, -0.15) is 0 Å². The van der Waals surface area contributed by atoms with Gasteiger partial charge in [-0.05, 0) is 43.2 Å². The lowest BCUT2D eigenvalue weighted by molar-refractivity contribution is -0.118. The lowest BCUT2D eigenvalue weighted by atomic mass is 10.1. The molecule has 0 bridgehead atoms. The number of benzene rings is 2. The summed E-state index contributed by atoms with van der Waals surface area (Å²) in [5, 5.41) is 0.358. The van der Waals surface area contributed by atoms with Crippen molar-refractivity contribution in [3.8, 4) is 0 Å². The van der Waals surface area contributed by atoms with Crippen molar-refractivity contribution in [3.63, 3.8) is 0 Å². The van der Waals surface area contributed by atoms with Crippen LogP contribution in [0.5, 0.6) is 0 Å². The highest BCUT2D eigenvalue weighted by atomic mass is 35.5. The topological polar surface area (TPSA) is 57.7 Å². The molecule has 0 heterocycles. The first kappa shape index (κ1) is 20.3. The van der Waals surface area contributed by atoms with Crippen molar-refractivity contribution in [2.75, 3.05) is 29.1 Å². The van der Waals surface area contributed by atoms with Gasteiger partial charge in [-0.25, -0.2) is 8.42 Å². The Labute approximate surface area is 160 Å². The highest BCUT2D eigenvalue weighted by molar-refractivity contribution is 7.92. The first-order valence-corrected chi connectivity index (χ1v) is 10.4. The maximum atomic E-state index is 12.5. The second kappa shape index (κ2) is 8.10. The summed E-state index contributed by atoms with van der Waals surface area (Å²) in [4.78, 5) is 14.0. The molecule has 0 saturated carbocycles. The molecule has 7 heteroatoms. The minimum Gasteiger partial charge on any atom is -0.315 e. The van der Waals surface area contributed by atoms with E-state index in [2.05, 4.69) is 0 Å². The van der Waals surface area contributed by atoms with Crippen LogP contribution in [-0.2, 0) is 14.8 Å². The van der Waals surface area contributed by atoms with Crippen molar-refractivity contribution in [3.05, 3.63) is 58.6 Å². The van der Waals surface area contributed by atoms with Gasteiger partial charge < -0.3 is 4.90 Å². The predicted octanol–water partition coefficient (Wildman–Crippen LogP) is 3.78. The van der Waals surface area contributed by atoms with E-state index in [1.54, 1.807) is 13.1 Å². The number of sulfonamides is 1. The molecular weight excluding hydrogens is 372 g/mol. The van der Waals surface area contributed by atoms with Crippen LogP contribution in [0, 0.1) is 13.8 Å². The molecule has 0 unspecified atom stereocenters. The molecule has 1 amide bonds. The van der Waals surface area contributed by atoms with E-state index in [1.165, 1.54) is 9.21 Å². The number of carbonyl (C=O) groups excluding carboxylic acids is 1. The van der Waals surface area contributed by atoms with Crippen LogP contribution in [0.15, 0.2) is 42.5 Å². The van der Waals surface area contributed by atoms with E-state index in [0.29, 0.717) is 10.7 Å². The van der Waals surface area contributed by atoms with E-state index in [-0.39, 0.29) is 18.9 Å². The number of hydrogen-bond acceptors (Lipinski definition) is 3. The quantitative estimate of drug-likeness (QED) is 0.749. The Kier molecular flexibility index (Phi) is 6.31. The minimum absolute atomic E-state index is 0.0263. The normalized spacial score (nSPS) is 11.3. The molecule has 0 fully saturated rings. The van der Waals surface area contributed by atoms with E-state index >= 15 is 0 Å². The minimum atomic E-state index is -3.58. The van der Waals surface area contributed by atoms with Gasteiger partial charge in [0.1, 0.15) is 0 Å². The fraction of sp³-hybridized carbons (Fsp3) is 0.316. The standard InChI is InChI=1S/C19H23ClN2O3S/c1-14-12-15(2)19(17(20)13-14)22(26(4,24)25)11-10-18(23)21(3)16-8-6-5-7-9-16/h5-9,12-13H,10-11H2,1-4H3. The summed E-state index contributed by atoms with van der Waals surface area (Å²) in [5.74, 6) is -0.175. The smallest absolute Gasteiger partial charge is 0.232 e. The largest absolute Gasteiger partial charge is 0.315 e. The van der Waals surface area contributed by atoms with E-state index in [0.717, 1.165) is 23.1 Å². The molecule has 0 radical (unpaired) electrons. The third kappa shape index (κ3) is 4.77. The average Bonchev–Trinajstić information content (AvgIpc) is 2.55. The molecule has 0 aliphatic heterocycles. The van der Waals surface area contributed by atoms with Crippen molar-refractivity contribution in [1.82, 2.24) is 0 Å². The molecule has 0 aliphatic rings. The van der Waals surface area contributed by atoms with E-state index in [9.17, 15) is 13.2 Å². The summed E-state index contributed by atoms with van der Waals surface area (Å²) >= 11 is 6.31. The number of para-hydroxylation sites is 1. The predicted molar refractivity (Wildman–Crippen MR) is 108 cm³/mol. The summed E-state index contributed by atoms with van der Waals surface area (Å²) < 4.78 is 25.8. The Bertz CT molecular complexity index is 875. The van der Waals surface area contributed by atoms with Crippen LogP contribution in [-0.4, -0.2) is 34.2 Å². The van der Waals surface area contributed by atoms with Gasteiger partial charge in [0.25, 0.3) is 0 Å². The molecule has 2 aromatic rings. The molecule has 0 spiro atoms. The molecule has 140 valence electrons. The van der Waals surface area contributed by atoms with Gasteiger partial charge in [-0.1, -0.05) is 35.9 Å².